The molecule has 0 atom stereocenters. The molecule has 0 aliphatic rings. The van der Waals surface area contributed by atoms with Crippen LogP contribution < -0.4 is 5.32 Å². The number of nitrogens with zero attached hydrogens (tertiary/aromatic N) is 2. The number of amides is 1. The maximum Gasteiger partial charge on any atom is 0.251 e. The van der Waals surface area contributed by atoms with Crippen LogP contribution in [-0.2, 0) is 0 Å². The molecule has 1 heterocycles. The van der Waals surface area contributed by atoms with Crippen LogP contribution in [0.3, 0.4) is 0 Å². The van der Waals surface area contributed by atoms with Gasteiger partial charge in [-0.25, -0.2) is 0 Å². The SMILES string of the molecule is CC(C)(CCBr)NC(=O)c1ccc2nccnc2c1. The number of fused-ring (bicyclic) bond motifs is 1. The van der Waals surface area contributed by atoms with E-state index in [1.807, 2.05) is 19.9 Å². The van der Waals surface area contributed by atoms with E-state index in [1.165, 1.54) is 0 Å². The van der Waals surface area contributed by atoms with Crippen molar-refractivity contribution < 1.29 is 4.79 Å². The molecule has 0 radical (unpaired) electrons. The summed E-state index contributed by atoms with van der Waals surface area (Å²) < 4.78 is 0. The molecule has 2 rings (SSSR count). The van der Waals surface area contributed by atoms with Crippen molar-refractivity contribution in [1.29, 1.82) is 0 Å². The predicted molar refractivity (Wildman–Crippen MR) is 79.5 cm³/mol. The van der Waals surface area contributed by atoms with Gasteiger partial charge in [0, 0.05) is 28.8 Å². The number of benzene rings is 1. The highest BCUT2D eigenvalue weighted by Crippen LogP contribution is 2.14. The van der Waals surface area contributed by atoms with Crippen LogP contribution in [0.1, 0.15) is 30.6 Å². The maximum absolute atomic E-state index is 12.2. The molecule has 5 heteroatoms. The van der Waals surface area contributed by atoms with Gasteiger partial charge in [-0.05, 0) is 38.5 Å². The fraction of sp³-hybridized carbons (Fsp3) is 0.357. The number of carbonyl (C=O) groups is 1. The molecule has 0 saturated heterocycles. The first-order valence-electron chi connectivity index (χ1n) is 6.11. The number of halogens is 1. The summed E-state index contributed by atoms with van der Waals surface area (Å²) in [5.74, 6) is -0.0847. The minimum absolute atomic E-state index is 0.0847. The topological polar surface area (TPSA) is 54.9 Å². The van der Waals surface area contributed by atoms with Crippen molar-refractivity contribution in [3.8, 4) is 0 Å². The minimum atomic E-state index is -0.238. The molecule has 1 N–H and O–H groups in total. The van der Waals surface area contributed by atoms with E-state index in [2.05, 4.69) is 31.2 Å². The van der Waals surface area contributed by atoms with Gasteiger partial charge in [-0.3, -0.25) is 14.8 Å². The summed E-state index contributed by atoms with van der Waals surface area (Å²) in [6.07, 6.45) is 4.13. The summed E-state index contributed by atoms with van der Waals surface area (Å²) in [6, 6.07) is 5.35. The molecule has 0 bridgehead atoms. The van der Waals surface area contributed by atoms with Crippen LogP contribution in [0, 0.1) is 0 Å². The number of nitrogens with one attached hydrogen (secondary N) is 1. The molecule has 4 nitrogen and oxygen atoms in total. The van der Waals surface area contributed by atoms with Crippen molar-refractivity contribution in [3.05, 3.63) is 36.2 Å². The van der Waals surface area contributed by atoms with Crippen LogP contribution >= 0.6 is 15.9 Å². The molecule has 1 aromatic carbocycles. The number of alkyl halides is 1. The number of carbonyl (C=O) groups excluding carboxylic acids is 1. The van der Waals surface area contributed by atoms with Crippen molar-refractivity contribution in [2.75, 3.05) is 5.33 Å². The van der Waals surface area contributed by atoms with E-state index in [0.717, 1.165) is 22.8 Å². The van der Waals surface area contributed by atoms with Gasteiger partial charge in [0.05, 0.1) is 11.0 Å². The standard InChI is InChI=1S/C14H16BrN3O/c1-14(2,5-6-15)18-13(19)10-3-4-11-12(9-10)17-8-7-16-11/h3-4,7-9H,5-6H2,1-2H3,(H,18,19). The van der Waals surface area contributed by atoms with E-state index in [4.69, 9.17) is 0 Å². The second kappa shape index (κ2) is 5.65. The summed E-state index contributed by atoms with van der Waals surface area (Å²) in [6.45, 7) is 4.01. The number of aromatic nitrogens is 2. The van der Waals surface area contributed by atoms with Crippen molar-refractivity contribution in [1.82, 2.24) is 15.3 Å². The molecule has 19 heavy (non-hydrogen) atoms. The Morgan fingerprint density at radius 3 is 2.63 bits per heavy atom. The quantitative estimate of drug-likeness (QED) is 0.881. The van der Waals surface area contributed by atoms with E-state index in [1.54, 1.807) is 24.5 Å². The van der Waals surface area contributed by atoms with Crippen molar-refractivity contribution >= 4 is 32.9 Å². The molecule has 0 unspecified atom stereocenters. The first-order chi connectivity index (χ1) is 9.02. The largest absolute Gasteiger partial charge is 0.347 e. The summed E-state index contributed by atoms with van der Waals surface area (Å²) in [5, 5.41) is 3.87. The van der Waals surface area contributed by atoms with Crippen LogP contribution in [-0.4, -0.2) is 26.7 Å². The molecule has 0 spiro atoms. The van der Waals surface area contributed by atoms with Gasteiger partial charge in [-0.15, -0.1) is 0 Å². The molecule has 1 amide bonds. The lowest BCUT2D eigenvalue weighted by Crippen LogP contribution is -2.43. The van der Waals surface area contributed by atoms with Crippen LogP contribution in [0.2, 0.25) is 0 Å². The Kier molecular flexibility index (Phi) is 4.14. The summed E-state index contributed by atoms with van der Waals surface area (Å²) >= 11 is 3.39. The second-order valence-electron chi connectivity index (χ2n) is 5.04. The van der Waals surface area contributed by atoms with Gasteiger partial charge in [-0.1, -0.05) is 15.9 Å². The van der Waals surface area contributed by atoms with Gasteiger partial charge in [0.15, 0.2) is 0 Å². The maximum atomic E-state index is 12.2. The average molecular weight is 322 g/mol. The molecule has 0 saturated carbocycles. The highest BCUT2D eigenvalue weighted by Gasteiger charge is 2.20. The van der Waals surface area contributed by atoms with Gasteiger partial charge in [-0.2, -0.15) is 0 Å². The highest BCUT2D eigenvalue weighted by atomic mass is 79.9. The van der Waals surface area contributed by atoms with Crippen molar-refractivity contribution in [3.63, 3.8) is 0 Å². The number of hydrogen-bond donors (Lipinski definition) is 1. The Hall–Kier alpha value is -1.49. The van der Waals surface area contributed by atoms with E-state index in [0.29, 0.717) is 5.56 Å². The Labute approximate surface area is 120 Å². The van der Waals surface area contributed by atoms with Crippen LogP contribution in [0.4, 0.5) is 0 Å². The van der Waals surface area contributed by atoms with Crippen molar-refractivity contribution in [2.45, 2.75) is 25.8 Å². The lowest BCUT2D eigenvalue weighted by molar-refractivity contribution is 0.0912. The van der Waals surface area contributed by atoms with E-state index < -0.39 is 0 Å². The third-order valence-corrected chi connectivity index (χ3v) is 3.30. The summed E-state index contributed by atoms with van der Waals surface area (Å²) in [4.78, 5) is 20.6. The molecule has 1 aromatic heterocycles. The van der Waals surface area contributed by atoms with Gasteiger partial charge in [0.25, 0.3) is 5.91 Å². The van der Waals surface area contributed by atoms with Gasteiger partial charge >= 0.3 is 0 Å². The van der Waals surface area contributed by atoms with E-state index >= 15 is 0 Å². The Morgan fingerprint density at radius 2 is 1.95 bits per heavy atom. The van der Waals surface area contributed by atoms with Crippen molar-refractivity contribution in [2.24, 2.45) is 0 Å². The molecule has 2 aromatic rings. The first-order valence-corrected chi connectivity index (χ1v) is 7.23. The minimum Gasteiger partial charge on any atom is -0.347 e. The zero-order valence-electron chi connectivity index (χ0n) is 11.0. The van der Waals surface area contributed by atoms with E-state index in [-0.39, 0.29) is 11.4 Å². The van der Waals surface area contributed by atoms with Crippen LogP contribution in [0.5, 0.6) is 0 Å². The van der Waals surface area contributed by atoms with Crippen LogP contribution in [0.25, 0.3) is 11.0 Å². The highest BCUT2D eigenvalue weighted by molar-refractivity contribution is 9.09. The number of rotatable bonds is 4. The zero-order chi connectivity index (χ0) is 13.9. The van der Waals surface area contributed by atoms with Gasteiger partial charge < -0.3 is 5.32 Å². The first kappa shape index (κ1) is 13.9. The van der Waals surface area contributed by atoms with E-state index in [9.17, 15) is 4.79 Å². The lowest BCUT2D eigenvalue weighted by Gasteiger charge is -2.25. The van der Waals surface area contributed by atoms with Gasteiger partial charge in [0.1, 0.15) is 0 Å². The molecular formula is C14H16BrN3O. The average Bonchev–Trinajstić information content (AvgIpc) is 2.37. The zero-order valence-corrected chi connectivity index (χ0v) is 12.6. The molecule has 0 aliphatic carbocycles. The Balaban J connectivity index is 2.22. The molecule has 100 valence electrons. The normalized spacial score (nSPS) is 11.5. The van der Waals surface area contributed by atoms with Gasteiger partial charge in [0.2, 0.25) is 0 Å². The third-order valence-electron chi connectivity index (χ3n) is 2.90. The summed E-state index contributed by atoms with van der Waals surface area (Å²) in [5.41, 5.74) is 1.89. The fourth-order valence-electron chi connectivity index (χ4n) is 1.78. The fourth-order valence-corrected chi connectivity index (χ4v) is 2.77. The predicted octanol–water partition coefficient (Wildman–Crippen LogP) is 2.92. The molecule has 0 fully saturated rings. The smallest absolute Gasteiger partial charge is 0.251 e. The molecule has 0 aliphatic heterocycles. The monoisotopic (exact) mass is 321 g/mol. The second-order valence-corrected chi connectivity index (χ2v) is 5.83. The van der Waals surface area contributed by atoms with Crippen LogP contribution in [0.15, 0.2) is 30.6 Å². The summed E-state index contributed by atoms with van der Waals surface area (Å²) in [7, 11) is 0. The Morgan fingerprint density at radius 1 is 1.26 bits per heavy atom. The third kappa shape index (κ3) is 3.50. The number of hydrogen-bond acceptors (Lipinski definition) is 3. The molecular weight excluding hydrogens is 306 g/mol. The Bertz CT molecular complexity index is 598. The lowest BCUT2D eigenvalue weighted by atomic mass is 10.0.